The van der Waals surface area contributed by atoms with Crippen molar-refractivity contribution in [3.05, 3.63) is 12.2 Å². The van der Waals surface area contributed by atoms with Gasteiger partial charge < -0.3 is 9.80 Å². The molecule has 0 aromatic rings. The van der Waals surface area contributed by atoms with Crippen LogP contribution in [0, 0.1) is 0 Å². The molecule has 1 amide bonds. The third-order valence-corrected chi connectivity index (χ3v) is 2.98. The molecule has 3 heteroatoms. The van der Waals surface area contributed by atoms with Crippen LogP contribution in [-0.2, 0) is 4.79 Å². The fourth-order valence-corrected chi connectivity index (χ4v) is 1.76. The van der Waals surface area contributed by atoms with Crippen molar-refractivity contribution in [1.29, 1.82) is 0 Å². The second-order valence-corrected chi connectivity index (χ2v) is 5.48. The van der Waals surface area contributed by atoms with Crippen LogP contribution < -0.4 is 5.32 Å². The minimum absolute atomic E-state index is 0.0266. The van der Waals surface area contributed by atoms with Gasteiger partial charge >= 0.3 is 0 Å². The van der Waals surface area contributed by atoms with Crippen LogP contribution in [0.5, 0.6) is 0 Å². The summed E-state index contributed by atoms with van der Waals surface area (Å²) in [5.74, 6) is -0.0266. The first kappa shape index (κ1) is 16.2. The van der Waals surface area contributed by atoms with E-state index in [-0.39, 0.29) is 5.91 Å². The van der Waals surface area contributed by atoms with Gasteiger partial charge in [-0.25, -0.2) is 0 Å². The Balaban J connectivity index is 3.64. The van der Waals surface area contributed by atoms with Crippen molar-refractivity contribution in [2.24, 2.45) is 0 Å². The first-order chi connectivity index (χ1) is 7.89. The van der Waals surface area contributed by atoms with E-state index in [1.54, 1.807) is 6.92 Å². The van der Waals surface area contributed by atoms with Gasteiger partial charge in [-0.3, -0.25) is 4.79 Å². The standard InChI is InChI=1S/C14H28N2O/c1-6-7-8-11-16(4,5)12-9-10-15-14(17)13(2)3/h2,6-12H2,1,3-5H3/p+1. The summed E-state index contributed by atoms with van der Waals surface area (Å²) in [5, 5.41) is 2.87. The lowest BCUT2D eigenvalue weighted by atomic mass is 10.2. The predicted molar refractivity (Wildman–Crippen MR) is 73.8 cm³/mol. The summed E-state index contributed by atoms with van der Waals surface area (Å²) in [7, 11) is 4.52. The van der Waals surface area contributed by atoms with Crippen LogP contribution in [0.3, 0.4) is 0 Å². The number of rotatable bonds is 9. The number of amides is 1. The summed E-state index contributed by atoms with van der Waals surface area (Å²) in [5.41, 5.74) is 0.585. The van der Waals surface area contributed by atoms with Crippen molar-refractivity contribution >= 4 is 5.91 Å². The second kappa shape index (κ2) is 8.29. The Bertz CT molecular complexity index is 247. The van der Waals surface area contributed by atoms with Crippen LogP contribution in [0.2, 0.25) is 0 Å². The third-order valence-electron chi connectivity index (χ3n) is 2.98. The van der Waals surface area contributed by atoms with Gasteiger partial charge in [0.25, 0.3) is 0 Å². The van der Waals surface area contributed by atoms with E-state index in [0.29, 0.717) is 5.57 Å². The van der Waals surface area contributed by atoms with Gasteiger partial charge in [0, 0.05) is 18.5 Å². The molecular weight excluding hydrogens is 212 g/mol. The minimum atomic E-state index is -0.0266. The molecule has 0 aliphatic heterocycles. The maximum atomic E-state index is 11.3. The van der Waals surface area contributed by atoms with Gasteiger partial charge in [-0.05, 0) is 19.8 Å². The van der Waals surface area contributed by atoms with Crippen LogP contribution in [0.25, 0.3) is 0 Å². The third kappa shape index (κ3) is 8.93. The maximum absolute atomic E-state index is 11.3. The van der Waals surface area contributed by atoms with E-state index >= 15 is 0 Å². The van der Waals surface area contributed by atoms with E-state index in [1.807, 2.05) is 0 Å². The topological polar surface area (TPSA) is 29.1 Å². The highest BCUT2D eigenvalue weighted by Crippen LogP contribution is 2.04. The summed E-state index contributed by atoms with van der Waals surface area (Å²) in [4.78, 5) is 11.3. The number of unbranched alkanes of at least 4 members (excludes halogenated alkanes) is 2. The van der Waals surface area contributed by atoms with Crippen molar-refractivity contribution in [3.63, 3.8) is 0 Å². The van der Waals surface area contributed by atoms with Crippen molar-refractivity contribution in [3.8, 4) is 0 Å². The van der Waals surface area contributed by atoms with Gasteiger partial charge in [-0.2, -0.15) is 0 Å². The molecular formula is C14H29N2O+. The molecule has 0 bridgehead atoms. The molecule has 0 atom stereocenters. The highest BCUT2D eigenvalue weighted by atomic mass is 16.1. The molecule has 0 aromatic heterocycles. The summed E-state index contributed by atoms with van der Waals surface area (Å²) < 4.78 is 1.04. The molecule has 0 spiro atoms. The van der Waals surface area contributed by atoms with Crippen LogP contribution in [0.4, 0.5) is 0 Å². The van der Waals surface area contributed by atoms with Gasteiger partial charge in [0.2, 0.25) is 5.91 Å². The summed E-state index contributed by atoms with van der Waals surface area (Å²) in [6.45, 7) is 10.7. The number of carbonyl (C=O) groups is 1. The fraction of sp³-hybridized carbons (Fsp3) is 0.786. The molecule has 0 radical (unpaired) electrons. The van der Waals surface area contributed by atoms with E-state index in [1.165, 1.54) is 25.8 Å². The molecule has 0 aliphatic rings. The Labute approximate surface area is 106 Å². The average molecular weight is 241 g/mol. The number of hydrogen-bond donors (Lipinski definition) is 1. The molecule has 100 valence electrons. The van der Waals surface area contributed by atoms with Gasteiger partial charge in [0.05, 0.1) is 27.2 Å². The molecule has 0 rings (SSSR count). The maximum Gasteiger partial charge on any atom is 0.246 e. The minimum Gasteiger partial charge on any atom is -0.352 e. The summed E-state index contributed by atoms with van der Waals surface area (Å²) >= 11 is 0. The zero-order valence-corrected chi connectivity index (χ0v) is 12.0. The molecule has 0 unspecified atom stereocenters. The highest BCUT2D eigenvalue weighted by molar-refractivity contribution is 5.91. The van der Waals surface area contributed by atoms with Crippen molar-refractivity contribution in [2.75, 3.05) is 33.7 Å². The van der Waals surface area contributed by atoms with E-state index in [9.17, 15) is 4.79 Å². The van der Waals surface area contributed by atoms with E-state index in [4.69, 9.17) is 0 Å². The molecule has 0 heterocycles. The SMILES string of the molecule is C=C(C)C(=O)NCCC[N+](C)(C)CCCCC. The van der Waals surface area contributed by atoms with E-state index in [0.717, 1.165) is 24.0 Å². The molecule has 17 heavy (non-hydrogen) atoms. The largest absolute Gasteiger partial charge is 0.352 e. The quantitative estimate of drug-likeness (QED) is 0.375. The number of quaternary nitrogens is 1. The van der Waals surface area contributed by atoms with Crippen molar-refractivity contribution < 1.29 is 9.28 Å². The summed E-state index contributed by atoms with van der Waals surface area (Å²) in [6.07, 6.45) is 4.91. The predicted octanol–water partition coefficient (Wildman–Crippen LogP) is 2.34. The van der Waals surface area contributed by atoms with Gasteiger partial charge in [-0.15, -0.1) is 0 Å². The van der Waals surface area contributed by atoms with Crippen LogP contribution in [0.15, 0.2) is 12.2 Å². The second-order valence-electron chi connectivity index (χ2n) is 5.48. The Morgan fingerprint density at radius 3 is 2.29 bits per heavy atom. The lowest BCUT2D eigenvalue weighted by molar-refractivity contribution is -0.890. The number of hydrogen-bond acceptors (Lipinski definition) is 1. The van der Waals surface area contributed by atoms with Gasteiger partial charge in [-0.1, -0.05) is 19.9 Å². The van der Waals surface area contributed by atoms with Crippen molar-refractivity contribution in [1.82, 2.24) is 5.32 Å². The molecule has 0 saturated carbocycles. The lowest BCUT2D eigenvalue weighted by Gasteiger charge is -2.29. The van der Waals surface area contributed by atoms with Gasteiger partial charge in [0.15, 0.2) is 0 Å². The number of carbonyl (C=O) groups excluding carboxylic acids is 1. The molecule has 0 fully saturated rings. The highest BCUT2D eigenvalue weighted by Gasteiger charge is 2.13. The summed E-state index contributed by atoms with van der Waals surface area (Å²) in [6, 6.07) is 0. The van der Waals surface area contributed by atoms with Crippen molar-refractivity contribution in [2.45, 2.75) is 39.5 Å². The monoisotopic (exact) mass is 241 g/mol. The molecule has 3 nitrogen and oxygen atoms in total. The lowest BCUT2D eigenvalue weighted by Crippen LogP contribution is -2.42. The first-order valence-corrected chi connectivity index (χ1v) is 6.65. The van der Waals surface area contributed by atoms with Crippen LogP contribution in [-0.4, -0.2) is 44.1 Å². The van der Waals surface area contributed by atoms with Crippen LogP contribution in [0.1, 0.15) is 39.5 Å². The number of nitrogens with one attached hydrogen (secondary N) is 1. The normalized spacial score (nSPS) is 11.3. The van der Waals surface area contributed by atoms with Gasteiger partial charge in [0.1, 0.15) is 0 Å². The zero-order chi connectivity index (χ0) is 13.3. The molecule has 0 aliphatic carbocycles. The zero-order valence-electron chi connectivity index (χ0n) is 12.0. The Hall–Kier alpha value is -0.830. The smallest absolute Gasteiger partial charge is 0.246 e. The first-order valence-electron chi connectivity index (χ1n) is 6.65. The van der Waals surface area contributed by atoms with E-state index < -0.39 is 0 Å². The average Bonchev–Trinajstić information content (AvgIpc) is 2.24. The van der Waals surface area contributed by atoms with Crippen LogP contribution >= 0.6 is 0 Å². The van der Waals surface area contributed by atoms with E-state index in [2.05, 4.69) is 32.9 Å². The Kier molecular flexibility index (Phi) is 7.88. The Morgan fingerprint density at radius 1 is 1.18 bits per heavy atom. The fourth-order valence-electron chi connectivity index (χ4n) is 1.76. The molecule has 1 N–H and O–H groups in total. The Morgan fingerprint density at radius 2 is 1.76 bits per heavy atom. The molecule has 0 aromatic carbocycles. The molecule has 0 saturated heterocycles. The number of nitrogens with zero attached hydrogens (tertiary/aromatic N) is 1.